The summed E-state index contributed by atoms with van der Waals surface area (Å²) in [4.78, 5) is 22.9. The molecule has 1 aliphatic heterocycles. The Morgan fingerprint density at radius 1 is 1.56 bits per heavy atom. The summed E-state index contributed by atoms with van der Waals surface area (Å²) < 4.78 is 14.9. The molecule has 5 nitrogen and oxygen atoms in total. The van der Waals surface area contributed by atoms with E-state index in [0.29, 0.717) is 0 Å². The van der Waals surface area contributed by atoms with Crippen LogP contribution in [-0.4, -0.2) is 37.4 Å². The van der Waals surface area contributed by atoms with Gasteiger partial charge in [-0.1, -0.05) is 11.8 Å². The molecule has 1 rings (SSSR count). The van der Waals surface area contributed by atoms with Crippen LogP contribution >= 0.6 is 0 Å². The Balaban J connectivity index is 2.64. The van der Waals surface area contributed by atoms with E-state index in [-0.39, 0.29) is 13.0 Å². The van der Waals surface area contributed by atoms with Crippen LogP contribution in [0.2, 0.25) is 0 Å². The molecule has 0 N–H and O–H groups in total. The summed E-state index contributed by atoms with van der Waals surface area (Å²) in [7, 11) is 1.55. The van der Waals surface area contributed by atoms with Crippen molar-refractivity contribution >= 4 is 11.9 Å². The quantitative estimate of drug-likeness (QED) is 0.425. The molecule has 0 aromatic heterocycles. The molecule has 0 bridgehead atoms. The van der Waals surface area contributed by atoms with Crippen LogP contribution in [0.25, 0.3) is 0 Å². The van der Waals surface area contributed by atoms with Crippen molar-refractivity contribution in [3.63, 3.8) is 0 Å². The minimum Gasteiger partial charge on any atom is -0.465 e. The van der Waals surface area contributed by atoms with Gasteiger partial charge in [0.25, 0.3) is 0 Å². The first-order valence-corrected chi connectivity index (χ1v) is 5.84. The van der Waals surface area contributed by atoms with Crippen molar-refractivity contribution in [2.45, 2.75) is 38.9 Å². The lowest BCUT2D eigenvalue weighted by atomic mass is 10.0. The molecule has 1 saturated heterocycles. The van der Waals surface area contributed by atoms with Crippen LogP contribution in [0.3, 0.4) is 0 Å². The van der Waals surface area contributed by atoms with E-state index in [2.05, 4.69) is 11.8 Å². The van der Waals surface area contributed by atoms with Gasteiger partial charge in [-0.25, -0.2) is 0 Å². The van der Waals surface area contributed by atoms with Gasteiger partial charge in [-0.05, 0) is 20.8 Å². The minimum absolute atomic E-state index is 0.241. The number of rotatable bonds is 3. The third-order valence-corrected chi connectivity index (χ3v) is 2.61. The maximum Gasteiger partial charge on any atom is 0.321 e. The molecule has 5 heteroatoms. The van der Waals surface area contributed by atoms with Gasteiger partial charge in [-0.3, -0.25) is 9.59 Å². The van der Waals surface area contributed by atoms with Gasteiger partial charge in [0.2, 0.25) is 0 Å². The van der Waals surface area contributed by atoms with Crippen molar-refractivity contribution in [2.75, 3.05) is 13.7 Å². The van der Waals surface area contributed by atoms with Gasteiger partial charge in [0, 0.05) is 13.5 Å². The molecule has 0 aliphatic carbocycles. The predicted octanol–water partition coefficient (Wildman–Crippen LogP) is 0.910. The molecule has 100 valence electrons. The van der Waals surface area contributed by atoms with Crippen molar-refractivity contribution in [2.24, 2.45) is 5.92 Å². The highest BCUT2D eigenvalue weighted by Gasteiger charge is 2.40. The van der Waals surface area contributed by atoms with Gasteiger partial charge in [0.05, 0.1) is 6.61 Å². The maximum atomic E-state index is 11.5. The Morgan fingerprint density at radius 3 is 2.78 bits per heavy atom. The zero-order chi connectivity index (χ0) is 13.8. The van der Waals surface area contributed by atoms with E-state index in [4.69, 9.17) is 14.2 Å². The Labute approximate surface area is 107 Å². The second-order valence-electron chi connectivity index (χ2n) is 4.45. The fourth-order valence-corrected chi connectivity index (χ4v) is 1.41. The number of hydrogen-bond donors (Lipinski definition) is 0. The van der Waals surface area contributed by atoms with Crippen LogP contribution < -0.4 is 0 Å². The zero-order valence-corrected chi connectivity index (χ0v) is 11.1. The predicted molar refractivity (Wildman–Crippen MR) is 63.5 cm³/mol. The summed E-state index contributed by atoms with van der Waals surface area (Å²) >= 11 is 0. The second-order valence-corrected chi connectivity index (χ2v) is 4.45. The number of methoxy groups -OCH3 is 1. The fourth-order valence-electron chi connectivity index (χ4n) is 1.41. The van der Waals surface area contributed by atoms with E-state index in [9.17, 15) is 9.59 Å². The number of cyclic esters (lactones) is 1. The Hall–Kier alpha value is -1.54. The average Bonchev–Trinajstić information content (AvgIpc) is 2.69. The maximum absolute atomic E-state index is 11.5. The molecule has 0 aromatic rings. The largest absolute Gasteiger partial charge is 0.465 e. The highest BCUT2D eigenvalue weighted by Crippen LogP contribution is 2.22. The standard InChI is InChI=1S/C13H18O5/c1-5-17-11(14)10-8-9(18-12(10)15)6-7-13(2,3)16-4/h9-10H,5,8H2,1-4H3. The smallest absolute Gasteiger partial charge is 0.321 e. The summed E-state index contributed by atoms with van der Waals surface area (Å²) in [6.45, 7) is 5.55. The summed E-state index contributed by atoms with van der Waals surface area (Å²) in [5, 5.41) is 0. The molecule has 1 fully saturated rings. The summed E-state index contributed by atoms with van der Waals surface area (Å²) in [6, 6.07) is 0. The van der Waals surface area contributed by atoms with E-state index >= 15 is 0 Å². The highest BCUT2D eigenvalue weighted by molar-refractivity contribution is 5.96. The first kappa shape index (κ1) is 14.5. The number of carbonyl (C=O) groups is 2. The topological polar surface area (TPSA) is 61.8 Å². The van der Waals surface area contributed by atoms with E-state index in [0.717, 1.165) is 0 Å². The monoisotopic (exact) mass is 254 g/mol. The first-order chi connectivity index (χ1) is 8.39. The molecular formula is C13H18O5. The fraction of sp³-hybridized carbons (Fsp3) is 0.692. The number of hydrogen-bond acceptors (Lipinski definition) is 5. The Bertz CT molecular complexity index is 388. The molecule has 0 aromatic carbocycles. The molecule has 1 heterocycles. The van der Waals surface area contributed by atoms with Crippen molar-refractivity contribution in [3.05, 3.63) is 0 Å². The van der Waals surface area contributed by atoms with Gasteiger partial charge >= 0.3 is 11.9 Å². The summed E-state index contributed by atoms with van der Waals surface area (Å²) in [5.41, 5.74) is -0.603. The molecule has 2 unspecified atom stereocenters. The Morgan fingerprint density at radius 2 is 2.22 bits per heavy atom. The van der Waals surface area contributed by atoms with Crippen molar-refractivity contribution in [1.82, 2.24) is 0 Å². The zero-order valence-electron chi connectivity index (χ0n) is 11.1. The lowest BCUT2D eigenvalue weighted by Gasteiger charge is -2.14. The second kappa shape index (κ2) is 5.87. The third kappa shape index (κ3) is 3.74. The molecule has 2 atom stereocenters. The lowest BCUT2D eigenvalue weighted by Crippen LogP contribution is -2.21. The Kier molecular flexibility index (Phi) is 4.74. The summed E-state index contributed by atoms with van der Waals surface area (Å²) in [5.74, 6) is 3.70. The highest BCUT2D eigenvalue weighted by atomic mass is 16.6. The van der Waals surface area contributed by atoms with E-state index in [1.165, 1.54) is 0 Å². The molecular weight excluding hydrogens is 236 g/mol. The first-order valence-electron chi connectivity index (χ1n) is 5.84. The van der Waals surface area contributed by atoms with Gasteiger partial charge in [-0.2, -0.15) is 0 Å². The SMILES string of the molecule is CCOC(=O)C1CC(C#CC(C)(C)OC)OC1=O. The molecule has 0 radical (unpaired) electrons. The van der Waals surface area contributed by atoms with E-state index < -0.39 is 29.6 Å². The molecule has 18 heavy (non-hydrogen) atoms. The third-order valence-electron chi connectivity index (χ3n) is 2.61. The van der Waals surface area contributed by atoms with Crippen LogP contribution in [0.1, 0.15) is 27.2 Å². The van der Waals surface area contributed by atoms with Crippen LogP contribution in [0.4, 0.5) is 0 Å². The van der Waals surface area contributed by atoms with E-state index in [1.54, 1.807) is 27.9 Å². The van der Waals surface area contributed by atoms with Crippen LogP contribution in [0.15, 0.2) is 0 Å². The van der Waals surface area contributed by atoms with Gasteiger partial charge in [0.1, 0.15) is 5.60 Å². The minimum atomic E-state index is -0.852. The normalized spacial score (nSPS) is 23.0. The van der Waals surface area contributed by atoms with Crippen molar-refractivity contribution < 1.29 is 23.8 Å². The van der Waals surface area contributed by atoms with Crippen molar-refractivity contribution in [1.29, 1.82) is 0 Å². The van der Waals surface area contributed by atoms with Crippen molar-refractivity contribution in [3.8, 4) is 11.8 Å². The number of ether oxygens (including phenoxy) is 3. The van der Waals surface area contributed by atoms with Crippen LogP contribution in [0, 0.1) is 17.8 Å². The number of carbonyl (C=O) groups excluding carboxylic acids is 2. The van der Waals surface area contributed by atoms with Gasteiger partial charge in [-0.15, -0.1) is 0 Å². The molecule has 1 aliphatic rings. The molecule has 0 spiro atoms. The van der Waals surface area contributed by atoms with Gasteiger partial charge < -0.3 is 14.2 Å². The number of esters is 2. The van der Waals surface area contributed by atoms with E-state index in [1.807, 2.05) is 0 Å². The van der Waals surface area contributed by atoms with Gasteiger partial charge in [0.15, 0.2) is 12.0 Å². The lowest BCUT2D eigenvalue weighted by molar-refractivity contribution is -0.155. The summed E-state index contributed by atoms with van der Waals surface area (Å²) in [6.07, 6.45) is -0.328. The average molecular weight is 254 g/mol. The molecule has 0 saturated carbocycles. The van der Waals surface area contributed by atoms with Crippen LogP contribution in [-0.2, 0) is 23.8 Å². The molecule has 0 amide bonds. The van der Waals surface area contributed by atoms with Crippen LogP contribution in [0.5, 0.6) is 0 Å².